The van der Waals surface area contributed by atoms with Crippen LogP contribution in [0.1, 0.15) is 19.3 Å². The molecular weight excluding hydrogens is 140 g/mol. The average Bonchev–Trinajstić information content (AvgIpc) is 2.07. The minimum absolute atomic E-state index is 0.166. The van der Waals surface area contributed by atoms with E-state index >= 15 is 0 Å². The van der Waals surface area contributed by atoms with E-state index in [9.17, 15) is 4.79 Å². The van der Waals surface area contributed by atoms with Crippen LogP contribution in [0.2, 0.25) is 0 Å². The zero-order valence-corrected chi connectivity index (χ0v) is 6.51. The van der Waals surface area contributed by atoms with E-state index in [1.807, 2.05) is 0 Å². The maximum atomic E-state index is 11.2. The molecule has 0 aromatic heterocycles. The molecule has 1 aliphatic rings. The van der Waals surface area contributed by atoms with E-state index in [2.05, 4.69) is 5.92 Å². The molecule has 0 saturated carbocycles. The summed E-state index contributed by atoms with van der Waals surface area (Å²) in [5.74, 6) is 2.75. The highest BCUT2D eigenvalue weighted by Gasteiger charge is 2.19. The van der Waals surface area contributed by atoms with E-state index < -0.39 is 0 Å². The Morgan fingerprint density at radius 2 is 2.18 bits per heavy atom. The Morgan fingerprint density at radius 1 is 1.55 bits per heavy atom. The zero-order chi connectivity index (χ0) is 8.10. The summed E-state index contributed by atoms with van der Waals surface area (Å²) in [6.07, 6.45) is 7.01. The molecule has 1 fully saturated rings. The molecule has 0 unspecified atom stereocenters. The van der Waals surface area contributed by atoms with E-state index in [0.717, 1.165) is 12.8 Å². The molecule has 1 aliphatic heterocycles. The van der Waals surface area contributed by atoms with Gasteiger partial charge in [-0.15, -0.1) is 6.42 Å². The zero-order valence-electron chi connectivity index (χ0n) is 6.51. The molecule has 0 aromatic carbocycles. The van der Waals surface area contributed by atoms with E-state index in [1.54, 1.807) is 0 Å². The van der Waals surface area contributed by atoms with Crippen molar-refractivity contribution in [1.29, 1.82) is 0 Å². The summed E-state index contributed by atoms with van der Waals surface area (Å²) in [4.78, 5) is 11.2. The molecule has 0 bridgehead atoms. The van der Waals surface area contributed by atoms with Crippen molar-refractivity contribution in [3.05, 3.63) is 0 Å². The summed E-state index contributed by atoms with van der Waals surface area (Å²) in [7, 11) is 0. The minimum atomic E-state index is 0.166. The largest absolute Gasteiger partial charge is 0.381 e. The van der Waals surface area contributed by atoms with Crippen molar-refractivity contribution in [2.24, 2.45) is 5.92 Å². The summed E-state index contributed by atoms with van der Waals surface area (Å²) in [5.41, 5.74) is 0. The number of carbonyl (C=O) groups is 1. The number of hydrogen-bond donors (Lipinski definition) is 0. The van der Waals surface area contributed by atoms with Crippen LogP contribution >= 0.6 is 0 Å². The molecule has 0 aliphatic carbocycles. The van der Waals surface area contributed by atoms with E-state index in [-0.39, 0.29) is 18.1 Å². The lowest BCUT2D eigenvalue weighted by atomic mass is 9.94. The Bertz CT molecular complexity index is 172. The van der Waals surface area contributed by atoms with E-state index in [0.29, 0.717) is 13.2 Å². The quantitative estimate of drug-likeness (QED) is 0.552. The highest BCUT2D eigenvalue weighted by Crippen LogP contribution is 2.16. The summed E-state index contributed by atoms with van der Waals surface area (Å²) in [6, 6.07) is 0. The third-order valence-electron chi connectivity index (χ3n) is 1.95. The van der Waals surface area contributed by atoms with Crippen molar-refractivity contribution in [1.82, 2.24) is 0 Å². The summed E-state index contributed by atoms with van der Waals surface area (Å²) >= 11 is 0. The lowest BCUT2D eigenvalue weighted by molar-refractivity contribution is -0.124. The third-order valence-corrected chi connectivity index (χ3v) is 1.95. The maximum Gasteiger partial charge on any atom is 0.147 e. The number of Topliss-reactive ketones (excluding diaryl/α,β-unsaturated/α-hetero) is 1. The third kappa shape index (κ3) is 2.36. The Morgan fingerprint density at radius 3 is 2.73 bits per heavy atom. The second-order valence-corrected chi connectivity index (χ2v) is 2.73. The van der Waals surface area contributed by atoms with Crippen LogP contribution in [-0.4, -0.2) is 19.0 Å². The van der Waals surface area contributed by atoms with Gasteiger partial charge in [0.25, 0.3) is 0 Å². The van der Waals surface area contributed by atoms with Gasteiger partial charge in [0.2, 0.25) is 0 Å². The molecule has 0 N–H and O–H groups in total. The van der Waals surface area contributed by atoms with Crippen molar-refractivity contribution in [2.45, 2.75) is 19.3 Å². The first-order valence-corrected chi connectivity index (χ1v) is 3.88. The van der Waals surface area contributed by atoms with Gasteiger partial charge in [0.05, 0.1) is 6.42 Å². The van der Waals surface area contributed by atoms with Crippen LogP contribution in [0, 0.1) is 18.3 Å². The SMILES string of the molecule is C#CCC(=O)C1CCOCC1. The summed E-state index contributed by atoms with van der Waals surface area (Å²) in [5, 5.41) is 0. The van der Waals surface area contributed by atoms with Gasteiger partial charge in [-0.05, 0) is 12.8 Å². The molecule has 1 heterocycles. The van der Waals surface area contributed by atoms with Crippen LogP contribution in [0.5, 0.6) is 0 Å². The van der Waals surface area contributed by atoms with Crippen LogP contribution < -0.4 is 0 Å². The Hall–Kier alpha value is -0.810. The van der Waals surface area contributed by atoms with Crippen molar-refractivity contribution < 1.29 is 9.53 Å². The van der Waals surface area contributed by atoms with Crippen molar-refractivity contribution in [3.63, 3.8) is 0 Å². The molecule has 0 radical (unpaired) electrons. The number of ether oxygens (including phenoxy) is 1. The highest BCUT2D eigenvalue weighted by atomic mass is 16.5. The number of rotatable bonds is 2. The van der Waals surface area contributed by atoms with Crippen LogP contribution in [-0.2, 0) is 9.53 Å². The standard InChI is InChI=1S/C9H12O2/c1-2-3-9(10)8-4-6-11-7-5-8/h1,8H,3-7H2. The van der Waals surface area contributed by atoms with Crippen LogP contribution in [0.25, 0.3) is 0 Å². The lowest BCUT2D eigenvalue weighted by Crippen LogP contribution is -2.22. The summed E-state index contributed by atoms with van der Waals surface area (Å²) < 4.78 is 5.12. The maximum absolute atomic E-state index is 11.2. The second kappa shape index (κ2) is 4.15. The van der Waals surface area contributed by atoms with Crippen molar-refractivity contribution in [2.75, 3.05) is 13.2 Å². The normalized spacial score (nSPS) is 19.2. The van der Waals surface area contributed by atoms with Crippen LogP contribution in [0.4, 0.5) is 0 Å². The smallest absolute Gasteiger partial charge is 0.147 e. The Balaban J connectivity index is 2.34. The van der Waals surface area contributed by atoms with Gasteiger partial charge >= 0.3 is 0 Å². The molecule has 0 atom stereocenters. The predicted molar refractivity (Wildman–Crippen MR) is 42.0 cm³/mol. The minimum Gasteiger partial charge on any atom is -0.381 e. The van der Waals surface area contributed by atoms with E-state index in [1.165, 1.54) is 0 Å². The number of ketones is 1. The van der Waals surface area contributed by atoms with Crippen LogP contribution in [0.3, 0.4) is 0 Å². The topological polar surface area (TPSA) is 26.3 Å². The van der Waals surface area contributed by atoms with Gasteiger partial charge in [0, 0.05) is 19.1 Å². The monoisotopic (exact) mass is 152 g/mol. The number of carbonyl (C=O) groups excluding carboxylic acids is 1. The number of terminal acetylenes is 1. The van der Waals surface area contributed by atoms with Gasteiger partial charge in [-0.2, -0.15) is 0 Å². The van der Waals surface area contributed by atoms with Gasteiger partial charge < -0.3 is 4.74 Å². The fourth-order valence-corrected chi connectivity index (χ4v) is 1.26. The van der Waals surface area contributed by atoms with Gasteiger partial charge in [-0.25, -0.2) is 0 Å². The fourth-order valence-electron chi connectivity index (χ4n) is 1.26. The molecule has 0 amide bonds. The average molecular weight is 152 g/mol. The molecular formula is C9H12O2. The lowest BCUT2D eigenvalue weighted by Gasteiger charge is -2.19. The van der Waals surface area contributed by atoms with Crippen molar-refractivity contribution in [3.8, 4) is 12.3 Å². The molecule has 2 nitrogen and oxygen atoms in total. The number of hydrogen-bond acceptors (Lipinski definition) is 2. The first-order valence-electron chi connectivity index (χ1n) is 3.88. The van der Waals surface area contributed by atoms with Gasteiger partial charge in [0.1, 0.15) is 5.78 Å². The highest BCUT2D eigenvalue weighted by molar-refractivity contribution is 5.83. The molecule has 1 rings (SSSR count). The molecule has 0 spiro atoms. The predicted octanol–water partition coefficient (Wildman–Crippen LogP) is 1.01. The van der Waals surface area contributed by atoms with Gasteiger partial charge in [-0.3, -0.25) is 4.79 Å². The molecule has 1 saturated heterocycles. The van der Waals surface area contributed by atoms with Crippen LogP contribution in [0.15, 0.2) is 0 Å². The van der Waals surface area contributed by atoms with E-state index in [4.69, 9.17) is 11.2 Å². The first-order chi connectivity index (χ1) is 5.34. The van der Waals surface area contributed by atoms with Gasteiger partial charge in [0.15, 0.2) is 0 Å². The Kier molecular flexibility index (Phi) is 3.13. The first kappa shape index (κ1) is 8.29. The summed E-state index contributed by atoms with van der Waals surface area (Å²) in [6.45, 7) is 1.42. The molecule has 60 valence electrons. The molecule has 2 heteroatoms. The fraction of sp³-hybridized carbons (Fsp3) is 0.667. The Labute approximate surface area is 66.9 Å². The molecule has 11 heavy (non-hydrogen) atoms. The second-order valence-electron chi connectivity index (χ2n) is 2.73. The van der Waals surface area contributed by atoms with Crippen molar-refractivity contribution >= 4 is 5.78 Å². The molecule has 0 aromatic rings. The van der Waals surface area contributed by atoms with Gasteiger partial charge in [-0.1, -0.05) is 5.92 Å².